The molecule has 0 heterocycles. The molecular weight excluding hydrogens is 280 g/mol. The molecular formula is C21H24N2. The van der Waals surface area contributed by atoms with Crippen LogP contribution in [-0.2, 0) is 5.41 Å². The Kier molecular flexibility index (Phi) is 6.46. The number of rotatable bonds is 4. The lowest BCUT2D eigenvalue weighted by molar-refractivity contribution is 0.781. The Morgan fingerprint density at radius 3 is 1.00 bits per heavy atom. The van der Waals surface area contributed by atoms with E-state index in [1.54, 1.807) is 0 Å². The molecule has 0 saturated carbocycles. The van der Waals surface area contributed by atoms with Gasteiger partial charge in [-0.05, 0) is 16.7 Å². The van der Waals surface area contributed by atoms with Gasteiger partial charge in [0, 0.05) is 0 Å². The molecule has 0 amide bonds. The third-order valence-corrected chi connectivity index (χ3v) is 3.99. The lowest BCUT2D eigenvalue weighted by atomic mass is 9.69. The Balaban J connectivity index is 0.00000132. The predicted octanol–water partition coefficient (Wildman–Crippen LogP) is 5.53. The maximum Gasteiger partial charge on any atom is 0.0629 e. The molecule has 2 nitrogen and oxygen atoms in total. The Morgan fingerprint density at radius 2 is 0.783 bits per heavy atom. The van der Waals surface area contributed by atoms with Crippen molar-refractivity contribution < 1.29 is 0 Å². The summed E-state index contributed by atoms with van der Waals surface area (Å²) in [6, 6.07) is 31.7. The third kappa shape index (κ3) is 3.24. The summed E-state index contributed by atoms with van der Waals surface area (Å²) in [4.78, 5) is 0. The van der Waals surface area contributed by atoms with Crippen LogP contribution in [0, 0.1) is 0 Å². The van der Waals surface area contributed by atoms with Crippen LogP contribution < -0.4 is 12.3 Å². The molecule has 3 rings (SSSR count). The molecule has 0 bridgehead atoms. The van der Waals surface area contributed by atoms with Gasteiger partial charge in [-0.2, -0.15) is 0 Å². The van der Waals surface area contributed by atoms with E-state index in [2.05, 4.69) is 79.4 Å². The SMILES string of the molecule is C=CC(c1ccccc1)(c1ccccc1)c1ccccc1.N.N. The van der Waals surface area contributed by atoms with Crippen molar-refractivity contribution in [2.75, 3.05) is 0 Å². The third-order valence-electron chi connectivity index (χ3n) is 3.99. The highest BCUT2D eigenvalue weighted by molar-refractivity contribution is 5.54. The molecule has 118 valence electrons. The van der Waals surface area contributed by atoms with Crippen molar-refractivity contribution in [2.45, 2.75) is 5.41 Å². The molecule has 0 aliphatic carbocycles. The van der Waals surface area contributed by atoms with Gasteiger partial charge in [0.05, 0.1) is 5.41 Å². The van der Waals surface area contributed by atoms with Crippen LogP contribution in [0.4, 0.5) is 0 Å². The van der Waals surface area contributed by atoms with Crippen LogP contribution in [0.25, 0.3) is 0 Å². The molecule has 0 radical (unpaired) electrons. The summed E-state index contributed by atoms with van der Waals surface area (Å²) in [6.07, 6.45) is 2.05. The molecule has 0 unspecified atom stereocenters. The van der Waals surface area contributed by atoms with Gasteiger partial charge in [0.25, 0.3) is 0 Å². The summed E-state index contributed by atoms with van der Waals surface area (Å²) in [5.41, 5.74) is 3.39. The lowest BCUT2D eigenvalue weighted by Crippen LogP contribution is -2.26. The van der Waals surface area contributed by atoms with Gasteiger partial charge in [-0.15, -0.1) is 6.58 Å². The maximum absolute atomic E-state index is 4.16. The highest BCUT2D eigenvalue weighted by Gasteiger charge is 2.32. The number of benzene rings is 3. The highest BCUT2D eigenvalue weighted by Crippen LogP contribution is 2.39. The van der Waals surface area contributed by atoms with E-state index in [-0.39, 0.29) is 17.7 Å². The largest absolute Gasteiger partial charge is 0.344 e. The monoisotopic (exact) mass is 304 g/mol. The zero-order valence-electron chi connectivity index (χ0n) is 13.4. The molecule has 0 aliphatic rings. The number of hydrogen-bond acceptors (Lipinski definition) is 2. The zero-order valence-corrected chi connectivity index (χ0v) is 13.4. The fourth-order valence-corrected chi connectivity index (χ4v) is 2.96. The van der Waals surface area contributed by atoms with Crippen LogP contribution >= 0.6 is 0 Å². The first-order valence-electron chi connectivity index (χ1n) is 7.18. The molecule has 2 heteroatoms. The van der Waals surface area contributed by atoms with Gasteiger partial charge in [-0.25, -0.2) is 0 Å². The van der Waals surface area contributed by atoms with Crippen LogP contribution in [0.1, 0.15) is 16.7 Å². The highest BCUT2D eigenvalue weighted by atomic mass is 14.3. The van der Waals surface area contributed by atoms with Gasteiger partial charge < -0.3 is 12.3 Å². The van der Waals surface area contributed by atoms with Gasteiger partial charge >= 0.3 is 0 Å². The first-order chi connectivity index (χ1) is 10.4. The van der Waals surface area contributed by atoms with Crippen LogP contribution in [-0.4, -0.2) is 0 Å². The number of allylic oxidation sites excluding steroid dienone is 1. The minimum atomic E-state index is -0.316. The van der Waals surface area contributed by atoms with Crippen molar-refractivity contribution >= 4 is 0 Å². The average Bonchev–Trinajstić information content (AvgIpc) is 2.59. The molecule has 6 N–H and O–H groups in total. The summed E-state index contributed by atoms with van der Waals surface area (Å²) in [5.74, 6) is 0. The Bertz CT molecular complexity index is 610. The van der Waals surface area contributed by atoms with Gasteiger partial charge in [-0.1, -0.05) is 97.1 Å². The zero-order chi connectivity index (χ0) is 14.5. The van der Waals surface area contributed by atoms with Gasteiger partial charge in [0.1, 0.15) is 0 Å². The van der Waals surface area contributed by atoms with E-state index in [1.807, 2.05) is 24.3 Å². The molecule has 0 atom stereocenters. The molecule has 0 saturated heterocycles. The van der Waals surface area contributed by atoms with E-state index >= 15 is 0 Å². The second kappa shape index (κ2) is 8.08. The molecule has 3 aromatic rings. The fraction of sp³-hybridized carbons (Fsp3) is 0.0476. The first-order valence-corrected chi connectivity index (χ1v) is 7.18. The van der Waals surface area contributed by atoms with E-state index < -0.39 is 0 Å². The molecule has 23 heavy (non-hydrogen) atoms. The van der Waals surface area contributed by atoms with Crippen LogP contribution in [0.15, 0.2) is 104 Å². The van der Waals surface area contributed by atoms with Crippen molar-refractivity contribution in [2.24, 2.45) is 0 Å². The summed E-state index contributed by atoms with van der Waals surface area (Å²) in [5, 5.41) is 0. The molecule has 3 aromatic carbocycles. The van der Waals surface area contributed by atoms with Crippen LogP contribution in [0.3, 0.4) is 0 Å². The van der Waals surface area contributed by atoms with E-state index in [1.165, 1.54) is 16.7 Å². The minimum absolute atomic E-state index is 0. The summed E-state index contributed by atoms with van der Waals surface area (Å²) in [6.45, 7) is 4.16. The Morgan fingerprint density at radius 1 is 0.522 bits per heavy atom. The first kappa shape index (κ1) is 18.4. The van der Waals surface area contributed by atoms with Crippen molar-refractivity contribution in [1.29, 1.82) is 0 Å². The summed E-state index contributed by atoms with van der Waals surface area (Å²) >= 11 is 0. The van der Waals surface area contributed by atoms with E-state index in [4.69, 9.17) is 0 Å². The molecule has 0 spiro atoms. The van der Waals surface area contributed by atoms with Crippen molar-refractivity contribution in [3.05, 3.63) is 120 Å². The second-order valence-corrected chi connectivity index (χ2v) is 5.11. The maximum atomic E-state index is 4.16. The van der Waals surface area contributed by atoms with Crippen molar-refractivity contribution in [3.8, 4) is 0 Å². The average molecular weight is 304 g/mol. The summed E-state index contributed by atoms with van der Waals surface area (Å²) < 4.78 is 0. The fourth-order valence-electron chi connectivity index (χ4n) is 2.96. The Hall–Kier alpha value is -2.68. The minimum Gasteiger partial charge on any atom is -0.344 e. The summed E-state index contributed by atoms with van der Waals surface area (Å²) in [7, 11) is 0. The van der Waals surface area contributed by atoms with Gasteiger partial charge in [0.2, 0.25) is 0 Å². The topological polar surface area (TPSA) is 70.0 Å². The standard InChI is InChI=1S/C21H18.2H3N/c1-2-21(18-12-6-3-7-13-18,19-14-8-4-9-15-19)20-16-10-5-11-17-20;;/h2-17H,1H2;2*1H3. The number of hydrogen-bond donors (Lipinski definition) is 2. The molecule has 0 fully saturated rings. The van der Waals surface area contributed by atoms with Gasteiger partial charge in [-0.3, -0.25) is 0 Å². The normalized spacial score (nSPS) is 10.1. The van der Waals surface area contributed by atoms with E-state index in [9.17, 15) is 0 Å². The van der Waals surface area contributed by atoms with E-state index in [0.717, 1.165) is 0 Å². The van der Waals surface area contributed by atoms with Crippen LogP contribution in [0.2, 0.25) is 0 Å². The Labute approximate surface area is 138 Å². The van der Waals surface area contributed by atoms with Crippen LogP contribution in [0.5, 0.6) is 0 Å². The predicted molar refractivity (Wildman–Crippen MR) is 99.4 cm³/mol. The van der Waals surface area contributed by atoms with Crippen molar-refractivity contribution in [3.63, 3.8) is 0 Å². The van der Waals surface area contributed by atoms with Crippen molar-refractivity contribution in [1.82, 2.24) is 12.3 Å². The lowest BCUT2D eigenvalue weighted by Gasteiger charge is -2.32. The van der Waals surface area contributed by atoms with E-state index in [0.29, 0.717) is 0 Å². The molecule has 0 aliphatic heterocycles. The smallest absolute Gasteiger partial charge is 0.0629 e. The molecule has 0 aromatic heterocycles. The quantitative estimate of drug-likeness (QED) is 0.491. The second-order valence-electron chi connectivity index (χ2n) is 5.11. The van der Waals surface area contributed by atoms with Gasteiger partial charge in [0.15, 0.2) is 0 Å².